The molecule has 1 unspecified atom stereocenters. The molecule has 0 saturated carbocycles. The number of nitrogens with zero attached hydrogens (tertiary/aromatic N) is 3. The number of nitriles is 1. The van der Waals surface area contributed by atoms with Crippen LogP contribution in [0.5, 0.6) is 17.4 Å². The quantitative estimate of drug-likeness (QED) is 0.615. The lowest BCUT2D eigenvalue weighted by Gasteiger charge is -2.24. The van der Waals surface area contributed by atoms with E-state index in [0.29, 0.717) is 17.7 Å². The minimum Gasteiger partial charge on any atom is -0.454 e. The van der Waals surface area contributed by atoms with E-state index in [0.717, 1.165) is 12.1 Å². The Morgan fingerprint density at radius 1 is 1.44 bits per heavy atom. The third-order valence-corrected chi connectivity index (χ3v) is 4.55. The summed E-state index contributed by atoms with van der Waals surface area (Å²) >= 11 is 0. The van der Waals surface area contributed by atoms with Crippen molar-refractivity contribution in [1.29, 1.82) is 5.26 Å². The molecule has 27 heavy (non-hydrogen) atoms. The van der Waals surface area contributed by atoms with Crippen LogP contribution in [-0.2, 0) is 6.42 Å². The lowest BCUT2D eigenvalue weighted by Crippen LogP contribution is -2.22. The lowest BCUT2D eigenvalue weighted by atomic mass is 9.82. The van der Waals surface area contributed by atoms with Crippen molar-refractivity contribution < 1.29 is 19.1 Å². The number of rotatable bonds is 4. The Balaban J connectivity index is 1.99. The molecule has 2 aromatic rings. The standard InChI is InChI=1S/C17H15N5O5/c1-2-3-10-15-14(9(6-18)16(19)27-17(15)21-20-10)8-4-12-13(26-7-25-12)5-11(8)22(23)24/h4-5,14H,2-3,7,19H2,1H3,(H,20,21). The average Bonchev–Trinajstić information content (AvgIpc) is 3.26. The van der Waals surface area contributed by atoms with Gasteiger partial charge in [-0.1, -0.05) is 13.3 Å². The lowest BCUT2D eigenvalue weighted by molar-refractivity contribution is -0.385. The summed E-state index contributed by atoms with van der Waals surface area (Å²) in [4.78, 5) is 11.2. The van der Waals surface area contributed by atoms with Crippen molar-refractivity contribution in [3.05, 3.63) is 50.5 Å². The number of aromatic amines is 1. The molecule has 2 aliphatic heterocycles. The Kier molecular flexibility index (Phi) is 3.84. The predicted molar refractivity (Wildman–Crippen MR) is 91.1 cm³/mol. The van der Waals surface area contributed by atoms with Crippen LogP contribution < -0.4 is 19.9 Å². The third-order valence-electron chi connectivity index (χ3n) is 4.55. The second-order valence-electron chi connectivity index (χ2n) is 6.12. The number of allylic oxidation sites excluding steroid dienone is 1. The molecule has 10 heteroatoms. The van der Waals surface area contributed by atoms with Gasteiger partial charge in [0.15, 0.2) is 11.5 Å². The molecule has 0 saturated heterocycles. The van der Waals surface area contributed by atoms with E-state index in [-0.39, 0.29) is 41.1 Å². The van der Waals surface area contributed by atoms with Crippen LogP contribution in [0.15, 0.2) is 23.6 Å². The molecular formula is C17H15N5O5. The maximum absolute atomic E-state index is 11.7. The van der Waals surface area contributed by atoms with Crippen LogP contribution in [0.4, 0.5) is 5.69 Å². The van der Waals surface area contributed by atoms with Crippen LogP contribution >= 0.6 is 0 Å². The van der Waals surface area contributed by atoms with Crippen LogP contribution in [0.2, 0.25) is 0 Å². The highest BCUT2D eigenvalue weighted by molar-refractivity contribution is 5.64. The molecule has 2 aliphatic rings. The molecular weight excluding hydrogens is 354 g/mol. The number of aryl methyl sites for hydroxylation is 1. The molecule has 10 nitrogen and oxygen atoms in total. The molecule has 0 bridgehead atoms. The first-order valence-corrected chi connectivity index (χ1v) is 8.27. The number of fused-ring (bicyclic) bond motifs is 2. The normalized spacial score (nSPS) is 17.3. The fourth-order valence-corrected chi connectivity index (χ4v) is 3.40. The molecule has 1 aromatic carbocycles. The number of ether oxygens (including phenoxy) is 3. The van der Waals surface area contributed by atoms with E-state index in [1.807, 2.05) is 13.0 Å². The molecule has 1 aromatic heterocycles. The molecule has 3 N–H and O–H groups in total. The van der Waals surface area contributed by atoms with Gasteiger partial charge >= 0.3 is 0 Å². The summed E-state index contributed by atoms with van der Waals surface area (Å²) in [5.74, 6) is -0.0495. The van der Waals surface area contributed by atoms with Crippen LogP contribution in [0, 0.1) is 21.4 Å². The summed E-state index contributed by atoms with van der Waals surface area (Å²) in [6.45, 7) is 1.97. The average molecular weight is 369 g/mol. The number of nitro groups is 1. The first-order chi connectivity index (χ1) is 13.0. The SMILES string of the molecule is CCCc1[nH]nc2c1C(c1cc3c(cc1[N+](=O)[O-])OCO3)C(C#N)=C(N)O2. The molecule has 0 amide bonds. The Morgan fingerprint density at radius 2 is 2.19 bits per heavy atom. The van der Waals surface area contributed by atoms with E-state index in [9.17, 15) is 15.4 Å². The molecule has 0 fully saturated rings. The smallest absolute Gasteiger partial charge is 0.277 e. The largest absolute Gasteiger partial charge is 0.454 e. The van der Waals surface area contributed by atoms with Crippen molar-refractivity contribution in [3.63, 3.8) is 0 Å². The molecule has 0 aliphatic carbocycles. The first kappa shape index (κ1) is 16.7. The van der Waals surface area contributed by atoms with E-state index in [2.05, 4.69) is 10.2 Å². The molecule has 0 radical (unpaired) electrons. The molecule has 4 rings (SSSR count). The zero-order valence-corrected chi connectivity index (χ0v) is 14.3. The number of hydrogen-bond donors (Lipinski definition) is 2. The second-order valence-corrected chi connectivity index (χ2v) is 6.12. The number of nitro benzene ring substituents is 1. The van der Waals surface area contributed by atoms with Gasteiger partial charge in [0.25, 0.3) is 5.69 Å². The van der Waals surface area contributed by atoms with Gasteiger partial charge in [0.2, 0.25) is 18.6 Å². The summed E-state index contributed by atoms with van der Waals surface area (Å²) in [5, 5.41) is 28.4. The van der Waals surface area contributed by atoms with Crippen molar-refractivity contribution in [1.82, 2.24) is 10.2 Å². The van der Waals surface area contributed by atoms with Crippen molar-refractivity contribution in [3.8, 4) is 23.4 Å². The second kappa shape index (κ2) is 6.21. The molecule has 3 heterocycles. The van der Waals surface area contributed by atoms with Crippen LogP contribution in [0.3, 0.4) is 0 Å². The van der Waals surface area contributed by atoms with Gasteiger partial charge in [-0.05, 0) is 12.5 Å². The van der Waals surface area contributed by atoms with E-state index >= 15 is 0 Å². The van der Waals surface area contributed by atoms with Gasteiger partial charge in [0, 0.05) is 11.3 Å². The number of nitrogens with two attached hydrogens (primary N) is 1. The number of nitrogens with one attached hydrogen (secondary N) is 1. The minimum absolute atomic E-state index is 0.0230. The zero-order chi connectivity index (χ0) is 19.1. The number of hydrogen-bond acceptors (Lipinski definition) is 8. The van der Waals surface area contributed by atoms with Gasteiger partial charge in [0.1, 0.15) is 11.6 Å². The summed E-state index contributed by atoms with van der Waals surface area (Å²) in [5.41, 5.74) is 7.39. The van der Waals surface area contributed by atoms with Gasteiger partial charge in [-0.25, -0.2) is 0 Å². The molecule has 138 valence electrons. The number of H-pyrrole nitrogens is 1. The Labute approximate surface area is 153 Å². The minimum atomic E-state index is -0.797. The van der Waals surface area contributed by atoms with Crippen LogP contribution in [0.25, 0.3) is 0 Å². The summed E-state index contributed by atoms with van der Waals surface area (Å²) in [6, 6.07) is 4.85. The summed E-state index contributed by atoms with van der Waals surface area (Å²) in [6.07, 6.45) is 1.45. The Bertz CT molecular complexity index is 1020. The summed E-state index contributed by atoms with van der Waals surface area (Å²) in [7, 11) is 0. The van der Waals surface area contributed by atoms with Gasteiger partial charge in [-0.3, -0.25) is 15.2 Å². The van der Waals surface area contributed by atoms with Crippen molar-refractivity contribution in [2.75, 3.05) is 6.79 Å². The highest BCUT2D eigenvalue weighted by atomic mass is 16.7. The van der Waals surface area contributed by atoms with Gasteiger partial charge in [-0.15, -0.1) is 5.10 Å². The zero-order valence-electron chi connectivity index (χ0n) is 14.3. The van der Waals surface area contributed by atoms with E-state index in [1.165, 1.54) is 12.1 Å². The van der Waals surface area contributed by atoms with Gasteiger partial charge < -0.3 is 19.9 Å². The highest BCUT2D eigenvalue weighted by Gasteiger charge is 2.39. The molecule has 1 atom stereocenters. The molecule has 0 spiro atoms. The maximum atomic E-state index is 11.7. The van der Waals surface area contributed by atoms with Gasteiger partial charge in [-0.2, -0.15) is 5.26 Å². The fourth-order valence-electron chi connectivity index (χ4n) is 3.40. The topological polar surface area (TPSA) is 149 Å². The van der Waals surface area contributed by atoms with E-state index in [1.54, 1.807) is 0 Å². The van der Waals surface area contributed by atoms with Crippen molar-refractivity contribution in [2.45, 2.75) is 25.7 Å². The van der Waals surface area contributed by atoms with Gasteiger partial charge in [0.05, 0.1) is 22.5 Å². The third kappa shape index (κ3) is 2.52. The van der Waals surface area contributed by atoms with Crippen molar-refractivity contribution in [2.24, 2.45) is 5.73 Å². The fraction of sp³-hybridized carbons (Fsp3) is 0.294. The Morgan fingerprint density at radius 3 is 2.85 bits per heavy atom. The Hall–Kier alpha value is -3.74. The van der Waals surface area contributed by atoms with E-state index < -0.39 is 10.8 Å². The number of aromatic nitrogens is 2. The highest BCUT2D eigenvalue weighted by Crippen LogP contribution is 2.49. The number of benzene rings is 1. The van der Waals surface area contributed by atoms with Crippen LogP contribution in [0.1, 0.15) is 36.1 Å². The first-order valence-electron chi connectivity index (χ1n) is 8.27. The van der Waals surface area contributed by atoms with Crippen molar-refractivity contribution >= 4 is 5.69 Å². The van der Waals surface area contributed by atoms with E-state index in [4.69, 9.17) is 19.9 Å². The monoisotopic (exact) mass is 369 g/mol. The van der Waals surface area contributed by atoms with Crippen LogP contribution in [-0.4, -0.2) is 21.9 Å². The summed E-state index contributed by atoms with van der Waals surface area (Å²) < 4.78 is 16.1. The predicted octanol–water partition coefficient (Wildman–Crippen LogP) is 2.22. The maximum Gasteiger partial charge on any atom is 0.277 e.